The first-order valence-corrected chi connectivity index (χ1v) is 11.2. The fourth-order valence-corrected chi connectivity index (χ4v) is 3.94. The average molecular weight is 491 g/mol. The third-order valence-corrected chi connectivity index (χ3v) is 5.61. The first-order chi connectivity index (χ1) is 16.9. The number of rotatable bonds is 8. The van der Waals surface area contributed by atoms with Crippen LogP contribution in [0.4, 0.5) is 23.4 Å². The minimum atomic E-state index is -0.532. The highest BCUT2D eigenvalue weighted by molar-refractivity contribution is 6.35. The van der Waals surface area contributed by atoms with Crippen LogP contribution in [0.5, 0.6) is 0 Å². The van der Waals surface area contributed by atoms with Crippen molar-refractivity contribution in [3.05, 3.63) is 69.4 Å². The first kappa shape index (κ1) is 23.7. The third kappa shape index (κ3) is 5.07. The number of nitrogens with two attached hydrogens (primary N) is 2. The summed E-state index contributed by atoms with van der Waals surface area (Å²) in [6.07, 6.45) is 2.32. The van der Waals surface area contributed by atoms with Crippen molar-refractivity contribution in [2.75, 3.05) is 28.6 Å². The topological polar surface area (TPSA) is 173 Å². The number of nitrogen functional groups attached to an aromatic ring is 2. The van der Waals surface area contributed by atoms with E-state index >= 15 is 0 Å². The molecule has 0 saturated heterocycles. The highest BCUT2D eigenvalue weighted by atomic mass is 35.5. The average Bonchev–Trinajstić information content (AvgIpc) is 2.83. The minimum Gasteiger partial charge on any atom is -0.382 e. The molecule has 0 spiro atoms. The van der Waals surface area contributed by atoms with Gasteiger partial charge in [-0.25, -0.2) is 9.97 Å². The quantitative estimate of drug-likeness (QED) is 0.269. The molecule has 1 aromatic carbocycles. The van der Waals surface area contributed by atoms with E-state index in [2.05, 4.69) is 25.6 Å². The Bertz CT molecular complexity index is 1470. The summed E-state index contributed by atoms with van der Waals surface area (Å²) in [4.78, 5) is 30.4. The largest absolute Gasteiger partial charge is 0.382 e. The second-order valence-electron chi connectivity index (χ2n) is 7.72. The molecule has 0 unspecified atom stereocenters. The summed E-state index contributed by atoms with van der Waals surface area (Å²) in [6.45, 7) is 2.76. The summed E-state index contributed by atoms with van der Waals surface area (Å²) in [5.41, 5.74) is 11.8. The van der Waals surface area contributed by atoms with Crippen LogP contribution in [0.15, 0.2) is 47.4 Å². The fourth-order valence-electron chi connectivity index (χ4n) is 3.69. The van der Waals surface area contributed by atoms with E-state index in [0.717, 1.165) is 5.82 Å². The second kappa shape index (κ2) is 10.2. The highest BCUT2D eigenvalue weighted by Gasteiger charge is 2.20. The van der Waals surface area contributed by atoms with Gasteiger partial charge in [-0.15, -0.1) is 0 Å². The van der Waals surface area contributed by atoms with Gasteiger partial charge in [-0.05, 0) is 37.6 Å². The summed E-state index contributed by atoms with van der Waals surface area (Å²) >= 11 is 6.34. The van der Waals surface area contributed by atoms with Gasteiger partial charge in [0.15, 0.2) is 5.82 Å². The van der Waals surface area contributed by atoms with Crippen LogP contribution in [0.3, 0.4) is 0 Å². The van der Waals surface area contributed by atoms with Crippen LogP contribution >= 0.6 is 11.6 Å². The molecule has 0 aliphatic rings. The molecule has 0 fully saturated rings. The van der Waals surface area contributed by atoms with Gasteiger partial charge in [0.1, 0.15) is 29.1 Å². The molecule has 0 aliphatic heterocycles. The number of hydrogen-bond acceptors (Lipinski definition) is 10. The van der Waals surface area contributed by atoms with Crippen molar-refractivity contribution in [1.29, 1.82) is 5.26 Å². The van der Waals surface area contributed by atoms with Crippen LogP contribution in [0, 0.1) is 11.3 Å². The lowest BCUT2D eigenvalue weighted by Gasteiger charge is -2.21. The molecular formula is C23H23ClN10O. The highest BCUT2D eigenvalue weighted by Crippen LogP contribution is 2.25. The van der Waals surface area contributed by atoms with Gasteiger partial charge in [-0.1, -0.05) is 23.7 Å². The Morgan fingerprint density at radius 2 is 2.00 bits per heavy atom. The van der Waals surface area contributed by atoms with Crippen molar-refractivity contribution in [1.82, 2.24) is 24.5 Å². The number of nitriles is 1. The third-order valence-electron chi connectivity index (χ3n) is 5.30. The molecule has 0 radical (unpaired) electrons. The summed E-state index contributed by atoms with van der Waals surface area (Å²) < 4.78 is 1.58. The molecule has 0 amide bonds. The van der Waals surface area contributed by atoms with Gasteiger partial charge in [0.05, 0.1) is 22.0 Å². The van der Waals surface area contributed by atoms with E-state index in [1.54, 1.807) is 35.9 Å². The smallest absolute Gasteiger partial charge is 0.262 e. The summed E-state index contributed by atoms with van der Waals surface area (Å²) in [7, 11) is 0. The maximum Gasteiger partial charge on any atom is 0.262 e. The van der Waals surface area contributed by atoms with Crippen molar-refractivity contribution in [3.63, 3.8) is 0 Å². The predicted molar refractivity (Wildman–Crippen MR) is 136 cm³/mol. The first-order valence-electron chi connectivity index (χ1n) is 10.8. The standard InChI is InChI=1S/C23H23ClN10O/c1-13(30-20-14(12-25)19(26)32-23(27)33-20)21-31-16-7-4-6-15(24)18(16)22(35)34(21)11-5-10-29-17-8-2-3-9-28-17/h2-4,6-9,13H,5,10-11H2,1H3,(H,28,29)(H5,26,27,30,32,33)/t13-/m0/s1. The van der Waals surface area contributed by atoms with Crippen molar-refractivity contribution in [2.24, 2.45) is 0 Å². The van der Waals surface area contributed by atoms with Crippen molar-refractivity contribution in [2.45, 2.75) is 25.9 Å². The SMILES string of the molecule is C[C@H](Nc1nc(N)nc(N)c1C#N)c1nc2cccc(Cl)c2c(=O)n1CCCNc1ccccn1. The number of hydrogen-bond donors (Lipinski definition) is 4. The predicted octanol–water partition coefficient (Wildman–Crippen LogP) is 2.95. The molecule has 4 rings (SSSR count). The maximum atomic E-state index is 13.5. The maximum absolute atomic E-state index is 13.5. The lowest BCUT2D eigenvalue weighted by atomic mass is 10.2. The summed E-state index contributed by atoms with van der Waals surface area (Å²) in [5, 5.41) is 16.5. The fraction of sp³-hybridized carbons (Fsp3) is 0.217. The Balaban J connectivity index is 1.68. The number of aromatic nitrogens is 5. The van der Waals surface area contributed by atoms with Crippen LogP contribution in [0.1, 0.15) is 30.8 Å². The van der Waals surface area contributed by atoms with Crippen LogP contribution in [0.2, 0.25) is 5.02 Å². The molecule has 1 atom stereocenters. The van der Waals surface area contributed by atoms with Crippen molar-refractivity contribution < 1.29 is 0 Å². The molecule has 35 heavy (non-hydrogen) atoms. The minimum absolute atomic E-state index is 0.0362. The van der Waals surface area contributed by atoms with E-state index in [0.29, 0.717) is 41.3 Å². The Labute approximate surface area is 205 Å². The molecule has 0 bridgehead atoms. The van der Waals surface area contributed by atoms with Gasteiger partial charge >= 0.3 is 0 Å². The zero-order valence-electron chi connectivity index (χ0n) is 18.9. The van der Waals surface area contributed by atoms with E-state index < -0.39 is 6.04 Å². The van der Waals surface area contributed by atoms with E-state index in [9.17, 15) is 10.1 Å². The number of halogens is 1. The lowest BCUT2D eigenvalue weighted by molar-refractivity contribution is 0.575. The Hall–Kier alpha value is -4.43. The number of nitrogens with zero attached hydrogens (tertiary/aromatic N) is 6. The monoisotopic (exact) mass is 490 g/mol. The summed E-state index contributed by atoms with van der Waals surface area (Å²) in [6, 6.07) is 12.2. The van der Waals surface area contributed by atoms with Gasteiger partial charge in [-0.3, -0.25) is 9.36 Å². The van der Waals surface area contributed by atoms with E-state index in [4.69, 9.17) is 28.1 Å². The Kier molecular flexibility index (Phi) is 6.93. The lowest BCUT2D eigenvalue weighted by Crippen LogP contribution is -2.29. The Morgan fingerprint density at radius 3 is 2.74 bits per heavy atom. The zero-order valence-corrected chi connectivity index (χ0v) is 19.6. The van der Waals surface area contributed by atoms with Crippen molar-refractivity contribution >= 4 is 45.9 Å². The van der Waals surface area contributed by atoms with Crippen LogP contribution in [-0.2, 0) is 6.54 Å². The number of pyridine rings is 1. The molecule has 0 saturated carbocycles. The molecular weight excluding hydrogens is 468 g/mol. The molecule has 3 heterocycles. The molecule has 3 aromatic heterocycles. The number of anilines is 4. The molecule has 12 heteroatoms. The number of nitrogens with one attached hydrogen (secondary N) is 2. The van der Waals surface area contributed by atoms with E-state index in [1.807, 2.05) is 24.3 Å². The normalized spacial score (nSPS) is 11.7. The molecule has 11 nitrogen and oxygen atoms in total. The van der Waals surface area contributed by atoms with Gasteiger partial charge in [0.2, 0.25) is 5.95 Å². The van der Waals surface area contributed by atoms with Gasteiger partial charge in [-0.2, -0.15) is 15.2 Å². The number of fused-ring (bicyclic) bond motifs is 1. The van der Waals surface area contributed by atoms with Crippen LogP contribution in [-0.4, -0.2) is 31.0 Å². The summed E-state index contributed by atoms with van der Waals surface area (Å²) in [5.74, 6) is 1.24. The van der Waals surface area contributed by atoms with Gasteiger partial charge < -0.3 is 22.1 Å². The van der Waals surface area contributed by atoms with E-state index in [-0.39, 0.29) is 28.7 Å². The number of benzene rings is 1. The van der Waals surface area contributed by atoms with Gasteiger partial charge in [0.25, 0.3) is 5.56 Å². The Morgan fingerprint density at radius 1 is 1.17 bits per heavy atom. The van der Waals surface area contributed by atoms with E-state index in [1.165, 1.54) is 0 Å². The van der Waals surface area contributed by atoms with Gasteiger partial charge in [0, 0.05) is 19.3 Å². The molecule has 0 aliphatic carbocycles. The zero-order chi connectivity index (χ0) is 24.9. The molecule has 6 N–H and O–H groups in total. The van der Waals surface area contributed by atoms with Crippen LogP contribution < -0.4 is 27.7 Å². The molecule has 4 aromatic rings. The molecule has 178 valence electrons. The van der Waals surface area contributed by atoms with Crippen LogP contribution in [0.25, 0.3) is 10.9 Å². The second-order valence-corrected chi connectivity index (χ2v) is 8.13. The van der Waals surface area contributed by atoms with Crippen molar-refractivity contribution in [3.8, 4) is 6.07 Å².